The van der Waals surface area contributed by atoms with Gasteiger partial charge in [0.25, 0.3) is 5.91 Å². The molecule has 2 aromatic carbocycles. The lowest BCUT2D eigenvalue weighted by Gasteiger charge is -2.07. The van der Waals surface area contributed by atoms with Crippen LogP contribution in [0, 0.1) is 11.3 Å². The highest BCUT2D eigenvalue weighted by Crippen LogP contribution is 2.23. The van der Waals surface area contributed by atoms with Gasteiger partial charge in [-0.3, -0.25) is 4.79 Å². The molecule has 0 radical (unpaired) electrons. The second-order valence-electron chi connectivity index (χ2n) is 5.60. The summed E-state index contributed by atoms with van der Waals surface area (Å²) in [6.45, 7) is 4.21. The minimum absolute atomic E-state index is 0.00314. The SMILES string of the molecule is CC(C)c1ccc(/C=C(\C#N)C(=O)Nc2cc(Cl)cc(Cl)c2)cc1. The van der Waals surface area contributed by atoms with Crippen molar-refractivity contribution in [2.45, 2.75) is 19.8 Å². The standard InChI is InChI=1S/C19H16Cl2N2O/c1-12(2)14-5-3-13(4-6-14)7-15(11-22)19(24)23-18-9-16(20)8-17(21)10-18/h3-10,12H,1-2H3,(H,23,24)/b15-7+. The number of benzene rings is 2. The number of amides is 1. The normalized spacial score (nSPS) is 11.2. The van der Waals surface area contributed by atoms with Gasteiger partial charge >= 0.3 is 0 Å². The number of carbonyl (C=O) groups excluding carboxylic acids is 1. The van der Waals surface area contributed by atoms with E-state index in [0.717, 1.165) is 5.56 Å². The van der Waals surface area contributed by atoms with E-state index in [2.05, 4.69) is 19.2 Å². The molecule has 2 aromatic rings. The Kier molecular flexibility index (Phi) is 6.03. The third kappa shape index (κ3) is 4.86. The highest BCUT2D eigenvalue weighted by molar-refractivity contribution is 6.35. The highest BCUT2D eigenvalue weighted by atomic mass is 35.5. The Balaban J connectivity index is 2.20. The molecule has 1 amide bonds. The van der Waals surface area contributed by atoms with Crippen LogP contribution in [-0.4, -0.2) is 5.91 Å². The summed E-state index contributed by atoms with van der Waals surface area (Å²) in [6, 6.07) is 14.4. The summed E-state index contributed by atoms with van der Waals surface area (Å²) in [5.74, 6) is -0.0851. The Hall–Kier alpha value is -2.28. The van der Waals surface area contributed by atoms with E-state index in [4.69, 9.17) is 23.2 Å². The lowest BCUT2D eigenvalue weighted by molar-refractivity contribution is -0.112. The predicted molar refractivity (Wildman–Crippen MR) is 99.2 cm³/mol. The van der Waals surface area contributed by atoms with Crippen LogP contribution in [0.1, 0.15) is 30.9 Å². The third-order valence-corrected chi connectivity index (χ3v) is 3.84. The average Bonchev–Trinajstić information content (AvgIpc) is 2.51. The van der Waals surface area contributed by atoms with Crippen LogP contribution in [0.15, 0.2) is 48.0 Å². The van der Waals surface area contributed by atoms with Crippen molar-refractivity contribution >= 4 is 40.9 Å². The minimum Gasteiger partial charge on any atom is -0.321 e. The van der Waals surface area contributed by atoms with Gasteiger partial charge in [-0.1, -0.05) is 61.3 Å². The second-order valence-corrected chi connectivity index (χ2v) is 6.48. The zero-order valence-electron chi connectivity index (χ0n) is 13.3. The summed E-state index contributed by atoms with van der Waals surface area (Å²) in [7, 11) is 0. The van der Waals surface area contributed by atoms with Crippen molar-refractivity contribution in [3.8, 4) is 6.07 Å². The largest absolute Gasteiger partial charge is 0.321 e. The molecule has 122 valence electrons. The zero-order chi connectivity index (χ0) is 17.7. The molecular formula is C19H16Cl2N2O. The number of nitrogens with one attached hydrogen (secondary N) is 1. The van der Waals surface area contributed by atoms with E-state index < -0.39 is 5.91 Å². The summed E-state index contributed by atoms with van der Waals surface area (Å²) in [5.41, 5.74) is 2.43. The Bertz CT molecular complexity index is 798. The van der Waals surface area contributed by atoms with Crippen molar-refractivity contribution in [2.75, 3.05) is 5.32 Å². The number of rotatable bonds is 4. The molecule has 0 saturated carbocycles. The molecule has 0 unspecified atom stereocenters. The number of carbonyl (C=O) groups is 1. The van der Waals surface area contributed by atoms with Gasteiger partial charge in [0.05, 0.1) is 0 Å². The number of nitriles is 1. The van der Waals surface area contributed by atoms with Crippen molar-refractivity contribution in [1.82, 2.24) is 0 Å². The van der Waals surface area contributed by atoms with Gasteiger partial charge in [-0.15, -0.1) is 0 Å². The predicted octanol–water partition coefficient (Wildman–Crippen LogP) is 5.66. The van der Waals surface area contributed by atoms with E-state index in [0.29, 0.717) is 21.7 Å². The van der Waals surface area contributed by atoms with Gasteiger partial charge in [-0.25, -0.2) is 0 Å². The van der Waals surface area contributed by atoms with Crippen molar-refractivity contribution in [3.63, 3.8) is 0 Å². The van der Waals surface area contributed by atoms with E-state index in [-0.39, 0.29) is 5.57 Å². The second kappa shape index (κ2) is 8.01. The number of anilines is 1. The van der Waals surface area contributed by atoms with Crippen LogP contribution in [0.2, 0.25) is 10.0 Å². The lowest BCUT2D eigenvalue weighted by Crippen LogP contribution is -2.13. The Morgan fingerprint density at radius 2 is 1.71 bits per heavy atom. The van der Waals surface area contributed by atoms with Crippen LogP contribution in [0.5, 0.6) is 0 Å². The maximum Gasteiger partial charge on any atom is 0.266 e. The summed E-state index contributed by atoms with van der Waals surface area (Å²) in [4.78, 5) is 12.3. The van der Waals surface area contributed by atoms with Gasteiger partial charge < -0.3 is 5.32 Å². The first-order valence-electron chi connectivity index (χ1n) is 7.38. The quantitative estimate of drug-likeness (QED) is 0.565. The zero-order valence-corrected chi connectivity index (χ0v) is 14.8. The van der Waals surface area contributed by atoms with E-state index in [1.807, 2.05) is 30.3 Å². The van der Waals surface area contributed by atoms with Gasteiger partial charge in [-0.2, -0.15) is 5.26 Å². The topological polar surface area (TPSA) is 52.9 Å². The molecular weight excluding hydrogens is 343 g/mol. The van der Waals surface area contributed by atoms with E-state index >= 15 is 0 Å². The van der Waals surface area contributed by atoms with Crippen LogP contribution in [0.3, 0.4) is 0 Å². The monoisotopic (exact) mass is 358 g/mol. The smallest absolute Gasteiger partial charge is 0.266 e. The fourth-order valence-electron chi connectivity index (χ4n) is 2.12. The van der Waals surface area contributed by atoms with Crippen LogP contribution in [0.25, 0.3) is 6.08 Å². The number of halogens is 2. The van der Waals surface area contributed by atoms with Crippen LogP contribution in [-0.2, 0) is 4.79 Å². The lowest BCUT2D eigenvalue weighted by atomic mass is 10.0. The Labute approximate surface area is 151 Å². The Morgan fingerprint density at radius 3 is 2.21 bits per heavy atom. The molecule has 2 rings (SSSR count). The molecule has 0 atom stereocenters. The van der Waals surface area contributed by atoms with Crippen LogP contribution >= 0.6 is 23.2 Å². The van der Waals surface area contributed by atoms with Gasteiger partial charge in [0.1, 0.15) is 11.6 Å². The van der Waals surface area contributed by atoms with Gasteiger partial charge in [0, 0.05) is 15.7 Å². The summed E-state index contributed by atoms with van der Waals surface area (Å²) in [6.07, 6.45) is 1.55. The van der Waals surface area contributed by atoms with Gasteiger partial charge in [0.2, 0.25) is 0 Å². The number of nitrogens with zero attached hydrogens (tertiary/aromatic N) is 1. The average molecular weight is 359 g/mol. The fraction of sp³-hybridized carbons (Fsp3) is 0.158. The molecule has 0 saturated heterocycles. The molecule has 3 nitrogen and oxygen atoms in total. The van der Waals surface area contributed by atoms with Crippen molar-refractivity contribution in [1.29, 1.82) is 5.26 Å². The molecule has 0 heterocycles. The molecule has 0 aliphatic rings. The third-order valence-electron chi connectivity index (χ3n) is 3.40. The maximum atomic E-state index is 12.3. The fourth-order valence-corrected chi connectivity index (χ4v) is 2.64. The minimum atomic E-state index is -0.510. The molecule has 1 N–H and O–H groups in total. The first-order valence-corrected chi connectivity index (χ1v) is 8.14. The van der Waals surface area contributed by atoms with Crippen LogP contribution in [0.4, 0.5) is 5.69 Å². The van der Waals surface area contributed by atoms with Crippen molar-refractivity contribution < 1.29 is 4.79 Å². The summed E-state index contributed by atoms with van der Waals surface area (Å²) < 4.78 is 0. The van der Waals surface area contributed by atoms with Gasteiger partial charge in [0.15, 0.2) is 0 Å². The van der Waals surface area contributed by atoms with Crippen molar-refractivity contribution in [3.05, 3.63) is 69.2 Å². The molecule has 0 spiro atoms. The van der Waals surface area contributed by atoms with E-state index in [1.165, 1.54) is 5.56 Å². The molecule has 0 bridgehead atoms. The van der Waals surface area contributed by atoms with Crippen LogP contribution < -0.4 is 5.32 Å². The summed E-state index contributed by atoms with van der Waals surface area (Å²) >= 11 is 11.8. The Morgan fingerprint density at radius 1 is 1.12 bits per heavy atom. The molecule has 24 heavy (non-hydrogen) atoms. The molecule has 5 heteroatoms. The molecule has 0 aliphatic heterocycles. The number of hydrogen-bond donors (Lipinski definition) is 1. The molecule has 0 aliphatic carbocycles. The summed E-state index contributed by atoms with van der Waals surface area (Å²) in [5, 5.41) is 12.7. The van der Waals surface area contributed by atoms with Gasteiger partial charge in [-0.05, 0) is 41.3 Å². The first-order chi connectivity index (χ1) is 11.4. The van der Waals surface area contributed by atoms with Crippen molar-refractivity contribution in [2.24, 2.45) is 0 Å². The molecule has 0 fully saturated rings. The molecule has 0 aromatic heterocycles. The van der Waals surface area contributed by atoms with E-state index in [9.17, 15) is 10.1 Å². The first kappa shape index (κ1) is 18.1. The number of hydrogen-bond acceptors (Lipinski definition) is 2. The highest BCUT2D eigenvalue weighted by Gasteiger charge is 2.10. The maximum absolute atomic E-state index is 12.3. The van der Waals surface area contributed by atoms with E-state index in [1.54, 1.807) is 24.3 Å².